The Balaban J connectivity index is 1.45. The minimum Gasteiger partial charge on any atom is -0.297 e. The predicted octanol–water partition coefficient (Wildman–Crippen LogP) is 2.48. The lowest BCUT2D eigenvalue weighted by molar-refractivity contribution is -0.117. The fraction of sp³-hybridized carbons (Fsp3) is 0.471. The van der Waals surface area contributed by atoms with Gasteiger partial charge in [-0.15, -0.1) is 11.3 Å². The molecule has 0 aliphatic carbocycles. The third-order valence-electron chi connectivity index (χ3n) is 4.82. The lowest BCUT2D eigenvalue weighted by Gasteiger charge is -2.23. The van der Waals surface area contributed by atoms with E-state index in [-0.39, 0.29) is 11.3 Å². The summed E-state index contributed by atoms with van der Waals surface area (Å²) in [6.07, 6.45) is 3.46. The van der Waals surface area contributed by atoms with E-state index in [1.165, 1.54) is 0 Å². The quantitative estimate of drug-likeness (QED) is 0.868. The summed E-state index contributed by atoms with van der Waals surface area (Å²) in [7, 11) is 0. The van der Waals surface area contributed by atoms with Gasteiger partial charge in [-0.1, -0.05) is 6.07 Å². The lowest BCUT2D eigenvalue weighted by atomic mass is 9.86. The second kappa shape index (κ2) is 5.69. The van der Waals surface area contributed by atoms with Crippen LogP contribution in [0.15, 0.2) is 29.8 Å². The largest absolute Gasteiger partial charge is 0.297 e. The Hall–Kier alpha value is -1.79. The van der Waals surface area contributed by atoms with Crippen molar-refractivity contribution in [1.29, 1.82) is 0 Å². The topological polar surface area (TPSA) is 49.3 Å². The van der Waals surface area contributed by atoms with Crippen molar-refractivity contribution in [2.24, 2.45) is 5.41 Å². The maximum absolute atomic E-state index is 12.5. The zero-order valence-corrected chi connectivity index (χ0v) is 14.1. The molecule has 5 nitrogen and oxygen atoms in total. The number of carbonyl (C=O) groups is 1. The van der Waals surface area contributed by atoms with Gasteiger partial charge in [0.2, 0.25) is 5.91 Å². The first-order valence-electron chi connectivity index (χ1n) is 7.98. The maximum Gasteiger partial charge on any atom is 0.228 e. The number of likely N-dealkylation sites (tertiary alicyclic amines) is 1. The summed E-state index contributed by atoms with van der Waals surface area (Å²) in [6, 6.07) is 5.74. The summed E-state index contributed by atoms with van der Waals surface area (Å²) in [5.41, 5.74) is 1.23. The van der Waals surface area contributed by atoms with Crippen LogP contribution >= 0.6 is 11.3 Å². The van der Waals surface area contributed by atoms with Crippen LogP contribution in [0.25, 0.3) is 0 Å². The van der Waals surface area contributed by atoms with Crippen molar-refractivity contribution in [2.75, 3.05) is 24.5 Å². The highest BCUT2D eigenvalue weighted by molar-refractivity contribution is 7.09. The van der Waals surface area contributed by atoms with Gasteiger partial charge in [0.05, 0.1) is 10.7 Å². The molecule has 2 fully saturated rings. The van der Waals surface area contributed by atoms with Gasteiger partial charge >= 0.3 is 0 Å². The second-order valence-corrected chi connectivity index (χ2v) is 7.73. The van der Waals surface area contributed by atoms with E-state index in [1.54, 1.807) is 17.5 Å². The van der Waals surface area contributed by atoms with Crippen LogP contribution in [0.1, 0.15) is 23.5 Å². The van der Waals surface area contributed by atoms with Crippen molar-refractivity contribution in [2.45, 2.75) is 26.3 Å². The molecule has 2 aromatic heterocycles. The number of thiazole rings is 1. The third-order valence-corrected chi connectivity index (χ3v) is 5.64. The molecule has 0 aromatic carbocycles. The lowest BCUT2D eigenvalue weighted by Crippen LogP contribution is -2.31. The molecule has 0 saturated carbocycles. The van der Waals surface area contributed by atoms with Crippen molar-refractivity contribution in [3.05, 3.63) is 40.5 Å². The monoisotopic (exact) mass is 328 g/mol. The number of pyridine rings is 1. The summed E-state index contributed by atoms with van der Waals surface area (Å²) in [4.78, 5) is 25.6. The van der Waals surface area contributed by atoms with Crippen LogP contribution in [-0.2, 0) is 11.3 Å². The zero-order chi connectivity index (χ0) is 15.9. The van der Waals surface area contributed by atoms with Crippen molar-refractivity contribution in [3.8, 4) is 0 Å². The van der Waals surface area contributed by atoms with Gasteiger partial charge in [-0.3, -0.25) is 14.6 Å². The van der Waals surface area contributed by atoms with E-state index in [9.17, 15) is 4.79 Å². The molecule has 0 radical (unpaired) electrons. The first-order chi connectivity index (χ1) is 11.1. The molecule has 4 rings (SSSR count). The van der Waals surface area contributed by atoms with Crippen molar-refractivity contribution in [1.82, 2.24) is 14.9 Å². The molecule has 1 atom stereocenters. The minimum absolute atomic E-state index is 0.0830. The molecular weight excluding hydrogens is 308 g/mol. The van der Waals surface area contributed by atoms with Gasteiger partial charge in [-0.2, -0.15) is 0 Å². The Bertz CT molecular complexity index is 716. The molecule has 2 aliphatic heterocycles. The number of carbonyl (C=O) groups excluding carboxylic acids is 1. The predicted molar refractivity (Wildman–Crippen MR) is 90.4 cm³/mol. The maximum atomic E-state index is 12.5. The van der Waals surface area contributed by atoms with Gasteiger partial charge in [-0.05, 0) is 32.0 Å². The highest BCUT2D eigenvalue weighted by Gasteiger charge is 2.48. The van der Waals surface area contributed by atoms with Crippen LogP contribution in [-0.4, -0.2) is 40.4 Å². The molecule has 0 unspecified atom stereocenters. The summed E-state index contributed by atoms with van der Waals surface area (Å²) in [5, 5.41) is 3.26. The van der Waals surface area contributed by atoms with Gasteiger partial charge in [-0.25, -0.2) is 9.97 Å². The molecule has 2 saturated heterocycles. The fourth-order valence-corrected chi connectivity index (χ4v) is 4.37. The van der Waals surface area contributed by atoms with E-state index in [0.29, 0.717) is 6.42 Å². The first-order valence-corrected chi connectivity index (χ1v) is 8.86. The summed E-state index contributed by atoms with van der Waals surface area (Å²) < 4.78 is 0. The number of hydrogen-bond acceptors (Lipinski definition) is 5. The molecular formula is C17H20N4OS. The average molecular weight is 328 g/mol. The summed E-state index contributed by atoms with van der Waals surface area (Å²) >= 11 is 1.70. The summed E-state index contributed by atoms with van der Waals surface area (Å²) in [5.74, 6) is 0.984. The van der Waals surface area contributed by atoms with E-state index in [2.05, 4.69) is 20.2 Å². The van der Waals surface area contributed by atoms with E-state index in [0.717, 1.165) is 49.1 Å². The Morgan fingerprint density at radius 3 is 3.00 bits per heavy atom. The van der Waals surface area contributed by atoms with Gasteiger partial charge in [0.25, 0.3) is 0 Å². The molecule has 6 heteroatoms. The van der Waals surface area contributed by atoms with Gasteiger partial charge in [0.1, 0.15) is 5.82 Å². The minimum atomic E-state index is 0.0830. The number of nitrogens with zero attached hydrogens (tertiary/aromatic N) is 4. The summed E-state index contributed by atoms with van der Waals surface area (Å²) in [6.45, 7) is 5.73. The second-order valence-electron chi connectivity index (χ2n) is 6.66. The molecule has 23 heavy (non-hydrogen) atoms. The molecule has 0 N–H and O–H groups in total. The molecule has 2 aliphatic rings. The molecule has 4 heterocycles. The number of anilines is 1. The highest BCUT2D eigenvalue weighted by atomic mass is 32.1. The Kier molecular flexibility index (Phi) is 3.66. The standard InChI is InChI=1S/C17H20N4OS/c1-13-19-14(10-23-13)9-20-7-5-17(11-20)8-16(22)21(12-17)15-4-2-3-6-18-15/h2-4,6,10H,5,7-9,11-12H2,1H3/t17-/m1/s1. The molecule has 120 valence electrons. The Labute approximate surface area is 140 Å². The van der Waals surface area contributed by atoms with Gasteiger partial charge < -0.3 is 0 Å². The van der Waals surface area contributed by atoms with Crippen LogP contribution in [0.4, 0.5) is 5.82 Å². The van der Waals surface area contributed by atoms with E-state index in [4.69, 9.17) is 0 Å². The fourth-order valence-electron chi connectivity index (χ4n) is 3.76. The smallest absolute Gasteiger partial charge is 0.228 e. The molecule has 0 bridgehead atoms. The van der Waals surface area contributed by atoms with Gasteiger partial charge in [0.15, 0.2) is 0 Å². The van der Waals surface area contributed by atoms with Crippen LogP contribution in [0, 0.1) is 12.3 Å². The van der Waals surface area contributed by atoms with Gasteiger partial charge in [0, 0.05) is 43.0 Å². The number of aryl methyl sites for hydroxylation is 1. The van der Waals surface area contributed by atoms with Crippen LogP contribution < -0.4 is 4.90 Å². The Morgan fingerprint density at radius 2 is 2.26 bits per heavy atom. The van der Waals surface area contributed by atoms with E-state index < -0.39 is 0 Å². The number of amides is 1. The molecule has 2 aromatic rings. The number of rotatable bonds is 3. The molecule has 1 amide bonds. The Morgan fingerprint density at radius 1 is 1.35 bits per heavy atom. The van der Waals surface area contributed by atoms with Crippen molar-refractivity contribution in [3.63, 3.8) is 0 Å². The number of hydrogen-bond donors (Lipinski definition) is 0. The highest BCUT2D eigenvalue weighted by Crippen LogP contribution is 2.41. The first kappa shape index (κ1) is 14.8. The SMILES string of the molecule is Cc1nc(CN2CC[C@@]3(CC(=O)N(c4ccccn4)C3)C2)cs1. The van der Waals surface area contributed by atoms with Crippen LogP contribution in [0.3, 0.4) is 0 Å². The third kappa shape index (κ3) is 2.88. The normalized spacial score (nSPS) is 24.9. The number of aromatic nitrogens is 2. The van der Waals surface area contributed by atoms with E-state index in [1.807, 2.05) is 30.0 Å². The van der Waals surface area contributed by atoms with Crippen molar-refractivity contribution < 1.29 is 4.79 Å². The van der Waals surface area contributed by atoms with Crippen molar-refractivity contribution >= 4 is 23.1 Å². The zero-order valence-electron chi connectivity index (χ0n) is 13.2. The van der Waals surface area contributed by atoms with E-state index >= 15 is 0 Å². The average Bonchev–Trinajstić information content (AvgIpc) is 3.22. The van der Waals surface area contributed by atoms with Crippen LogP contribution in [0.2, 0.25) is 0 Å². The molecule has 1 spiro atoms. The van der Waals surface area contributed by atoms with Crippen LogP contribution in [0.5, 0.6) is 0 Å².